The highest BCUT2D eigenvalue weighted by atomic mass is 15.1. The molecule has 144 valence electrons. The number of aromatic nitrogens is 5. The van der Waals surface area contributed by atoms with Gasteiger partial charge in [-0.25, -0.2) is 0 Å². The number of pyridine rings is 2. The normalized spacial score (nSPS) is 13.4. The van der Waals surface area contributed by atoms with E-state index < -0.39 is 0 Å². The predicted octanol–water partition coefficient (Wildman–Crippen LogP) is 5.09. The zero-order valence-electron chi connectivity index (χ0n) is 16.1. The van der Waals surface area contributed by atoms with Crippen LogP contribution in [0.4, 0.5) is 5.69 Å². The van der Waals surface area contributed by atoms with Gasteiger partial charge in [-0.2, -0.15) is 5.10 Å². The van der Waals surface area contributed by atoms with Crippen LogP contribution in [0.3, 0.4) is 0 Å². The lowest BCUT2D eigenvalue weighted by Gasteiger charge is -2.03. The van der Waals surface area contributed by atoms with E-state index in [1.807, 2.05) is 36.8 Å². The molecule has 6 rings (SSSR count). The van der Waals surface area contributed by atoms with Crippen molar-refractivity contribution in [3.05, 3.63) is 78.9 Å². The summed E-state index contributed by atoms with van der Waals surface area (Å²) in [5.41, 5.74) is 14.7. The minimum atomic E-state index is 0.644. The highest BCUT2D eigenvalue weighted by molar-refractivity contribution is 6.01. The molecule has 1 aromatic carbocycles. The Morgan fingerprint density at radius 1 is 0.867 bits per heavy atom. The van der Waals surface area contributed by atoms with Gasteiger partial charge in [-0.05, 0) is 41.8 Å². The van der Waals surface area contributed by atoms with Crippen molar-refractivity contribution in [3.8, 4) is 22.5 Å². The molecule has 4 N–H and O–H groups in total. The van der Waals surface area contributed by atoms with Gasteiger partial charge in [0.2, 0.25) is 0 Å². The number of nitrogens with two attached hydrogens (primary N) is 1. The Hall–Kier alpha value is -4.19. The van der Waals surface area contributed by atoms with Gasteiger partial charge in [0.25, 0.3) is 0 Å². The van der Waals surface area contributed by atoms with Crippen molar-refractivity contribution in [2.24, 2.45) is 0 Å². The molecule has 6 nitrogen and oxygen atoms in total. The van der Waals surface area contributed by atoms with E-state index in [2.05, 4.69) is 55.5 Å². The van der Waals surface area contributed by atoms with E-state index in [0.717, 1.165) is 56.3 Å². The summed E-state index contributed by atoms with van der Waals surface area (Å²) in [4.78, 5) is 12.1. The third-order valence-corrected chi connectivity index (χ3v) is 5.54. The quantitative estimate of drug-likeness (QED) is 0.400. The number of aromatic amines is 2. The lowest BCUT2D eigenvalue weighted by atomic mass is 10.0. The summed E-state index contributed by atoms with van der Waals surface area (Å²) in [6, 6.07) is 10.3. The fourth-order valence-electron chi connectivity index (χ4n) is 4.08. The molecule has 30 heavy (non-hydrogen) atoms. The van der Waals surface area contributed by atoms with Crippen molar-refractivity contribution in [1.29, 1.82) is 0 Å². The molecule has 1 aliphatic carbocycles. The molecule has 1 aliphatic rings. The first-order valence-electron chi connectivity index (χ1n) is 9.79. The predicted molar refractivity (Wildman–Crippen MR) is 121 cm³/mol. The van der Waals surface area contributed by atoms with Gasteiger partial charge in [0.1, 0.15) is 5.69 Å². The molecule has 0 radical (unpaired) electrons. The van der Waals surface area contributed by atoms with Crippen molar-refractivity contribution in [3.63, 3.8) is 0 Å². The fourth-order valence-corrected chi connectivity index (χ4v) is 4.08. The van der Waals surface area contributed by atoms with Gasteiger partial charge in [0.05, 0.1) is 28.6 Å². The average Bonchev–Trinajstić information content (AvgIpc) is 3.51. The van der Waals surface area contributed by atoms with Gasteiger partial charge in [-0.1, -0.05) is 24.3 Å². The van der Waals surface area contributed by atoms with Crippen LogP contribution in [0.25, 0.3) is 49.9 Å². The fraction of sp³-hybridized carbons (Fsp3) is 0.0417. The Bertz CT molecular complexity index is 1480. The van der Waals surface area contributed by atoms with E-state index in [4.69, 9.17) is 5.73 Å². The van der Waals surface area contributed by atoms with Gasteiger partial charge >= 0.3 is 0 Å². The molecule has 0 atom stereocenters. The SMILES string of the molecule is Nc1cncc(-c2ccc3[nH]nc(-c4cc5c(C6=CCC=C6)cncc5[nH]4)c3c2)c1. The summed E-state index contributed by atoms with van der Waals surface area (Å²) in [6.07, 6.45) is 14.8. The van der Waals surface area contributed by atoms with E-state index in [0.29, 0.717) is 5.69 Å². The number of H-pyrrole nitrogens is 2. The van der Waals surface area contributed by atoms with Crippen LogP contribution in [-0.4, -0.2) is 25.1 Å². The maximum Gasteiger partial charge on any atom is 0.116 e. The molecule has 0 aliphatic heterocycles. The summed E-state index contributed by atoms with van der Waals surface area (Å²) in [5, 5.41) is 9.92. The second-order valence-electron chi connectivity index (χ2n) is 7.47. The van der Waals surface area contributed by atoms with Crippen LogP contribution in [0, 0.1) is 0 Å². The smallest absolute Gasteiger partial charge is 0.116 e. The van der Waals surface area contributed by atoms with Crippen LogP contribution in [0.15, 0.2) is 73.3 Å². The number of fused-ring (bicyclic) bond motifs is 2. The number of nitrogens with one attached hydrogen (secondary N) is 2. The Kier molecular flexibility index (Phi) is 3.58. The minimum absolute atomic E-state index is 0.644. The Morgan fingerprint density at radius 3 is 2.67 bits per heavy atom. The first-order valence-corrected chi connectivity index (χ1v) is 9.79. The van der Waals surface area contributed by atoms with Crippen molar-refractivity contribution in [2.45, 2.75) is 6.42 Å². The van der Waals surface area contributed by atoms with Crippen LogP contribution in [0.5, 0.6) is 0 Å². The molecule has 0 spiro atoms. The molecular formula is C24H18N6. The standard InChI is InChI=1S/C24H18N6/c25-17-7-16(10-26-11-17)15-5-6-21-19(8-15)24(30-29-21)22-9-18-20(14-3-1-2-4-14)12-27-13-23(18)28-22/h1,3-13,28H,2,25H2,(H,29,30). The van der Waals surface area contributed by atoms with Crippen LogP contribution < -0.4 is 5.73 Å². The number of rotatable bonds is 3. The summed E-state index contributed by atoms with van der Waals surface area (Å²) in [7, 11) is 0. The van der Waals surface area contributed by atoms with Crippen molar-refractivity contribution >= 4 is 33.1 Å². The first kappa shape index (κ1) is 16.7. The van der Waals surface area contributed by atoms with E-state index >= 15 is 0 Å². The summed E-state index contributed by atoms with van der Waals surface area (Å²) in [5.74, 6) is 0. The van der Waals surface area contributed by atoms with Crippen LogP contribution in [-0.2, 0) is 0 Å². The van der Waals surface area contributed by atoms with Gasteiger partial charge in [0, 0.05) is 40.5 Å². The van der Waals surface area contributed by atoms with E-state index in [1.54, 1.807) is 6.20 Å². The highest BCUT2D eigenvalue weighted by Crippen LogP contribution is 2.34. The van der Waals surface area contributed by atoms with Crippen molar-refractivity contribution < 1.29 is 0 Å². The Balaban J connectivity index is 1.51. The maximum atomic E-state index is 5.92. The Labute approximate surface area is 172 Å². The van der Waals surface area contributed by atoms with E-state index in [-0.39, 0.29) is 0 Å². The lowest BCUT2D eigenvalue weighted by molar-refractivity contribution is 1.12. The number of hydrogen-bond donors (Lipinski definition) is 3. The number of nitrogens with zero attached hydrogens (tertiary/aromatic N) is 3. The first-order chi connectivity index (χ1) is 14.8. The third kappa shape index (κ3) is 2.62. The molecule has 0 unspecified atom stereocenters. The largest absolute Gasteiger partial charge is 0.397 e. The topological polar surface area (TPSA) is 96.3 Å². The minimum Gasteiger partial charge on any atom is -0.397 e. The third-order valence-electron chi connectivity index (χ3n) is 5.54. The zero-order chi connectivity index (χ0) is 20.1. The average molecular weight is 390 g/mol. The lowest BCUT2D eigenvalue weighted by Crippen LogP contribution is -1.87. The number of benzene rings is 1. The monoisotopic (exact) mass is 390 g/mol. The van der Waals surface area contributed by atoms with Gasteiger partial charge in [0.15, 0.2) is 0 Å². The van der Waals surface area contributed by atoms with Gasteiger partial charge < -0.3 is 10.7 Å². The van der Waals surface area contributed by atoms with Crippen LogP contribution >= 0.6 is 0 Å². The number of allylic oxidation sites excluding steroid dienone is 4. The van der Waals surface area contributed by atoms with E-state index in [9.17, 15) is 0 Å². The van der Waals surface area contributed by atoms with Gasteiger partial charge in [-0.3, -0.25) is 15.1 Å². The number of hydrogen-bond acceptors (Lipinski definition) is 4. The van der Waals surface area contributed by atoms with Crippen molar-refractivity contribution in [1.82, 2.24) is 25.1 Å². The van der Waals surface area contributed by atoms with Crippen LogP contribution in [0.1, 0.15) is 12.0 Å². The van der Waals surface area contributed by atoms with E-state index in [1.165, 1.54) is 5.57 Å². The molecule has 4 heterocycles. The summed E-state index contributed by atoms with van der Waals surface area (Å²) in [6.45, 7) is 0. The molecule has 4 aromatic heterocycles. The van der Waals surface area contributed by atoms with Crippen LogP contribution in [0.2, 0.25) is 0 Å². The zero-order valence-corrected chi connectivity index (χ0v) is 16.1. The molecule has 0 fully saturated rings. The molecule has 5 aromatic rings. The highest BCUT2D eigenvalue weighted by Gasteiger charge is 2.15. The molecule has 0 amide bonds. The van der Waals surface area contributed by atoms with Gasteiger partial charge in [-0.15, -0.1) is 0 Å². The summed E-state index contributed by atoms with van der Waals surface area (Å²) >= 11 is 0. The maximum absolute atomic E-state index is 5.92. The molecule has 0 saturated carbocycles. The molecular weight excluding hydrogens is 372 g/mol. The Morgan fingerprint density at radius 2 is 1.80 bits per heavy atom. The number of nitrogen functional groups attached to an aromatic ring is 1. The molecule has 6 heteroatoms. The number of anilines is 1. The second kappa shape index (κ2) is 6.42. The summed E-state index contributed by atoms with van der Waals surface area (Å²) < 4.78 is 0. The molecule has 0 bridgehead atoms. The second-order valence-corrected chi connectivity index (χ2v) is 7.47. The molecule has 0 saturated heterocycles. The van der Waals surface area contributed by atoms with Crippen molar-refractivity contribution in [2.75, 3.05) is 5.73 Å².